The van der Waals surface area contributed by atoms with Crippen LogP contribution in [0, 0.1) is 0 Å². The standard InChI is InChI=1S/C17H16GeNO3/c1-3-22-17(21)13-6-4-5-12(11-13)16(20)19(2)15-9-7-14(18)8-10-15/h4-11H,3H2,1-2H3. The molecule has 0 saturated carbocycles. The third-order valence-corrected chi connectivity index (χ3v) is 3.88. The number of ether oxygens (including phenoxy) is 1. The SMILES string of the molecule is CCOC(=O)c1cccc(C(=O)N(C)c2cc[c]([Ge])cc2)c1. The summed E-state index contributed by atoms with van der Waals surface area (Å²) >= 11 is 1.99. The number of rotatable bonds is 4. The molecule has 0 fully saturated rings. The van der Waals surface area contributed by atoms with E-state index in [1.807, 2.05) is 40.8 Å². The summed E-state index contributed by atoms with van der Waals surface area (Å²) in [7, 11) is 1.71. The quantitative estimate of drug-likeness (QED) is 0.622. The van der Waals surface area contributed by atoms with E-state index in [9.17, 15) is 9.59 Å². The van der Waals surface area contributed by atoms with Crippen LogP contribution in [-0.2, 0) is 4.74 Å². The first-order valence-corrected chi connectivity index (χ1v) is 7.94. The number of esters is 1. The van der Waals surface area contributed by atoms with E-state index in [4.69, 9.17) is 4.74 Å². The molecule has 2 aromatic rings. The second-order valence-electron chi connectivity index (χ2n) is 4.71. The maximum atomic E-state index is 12.5. The minimum absolute atomic E-state index is 0.171. The van der Waals surface area contributed by atoms with Crippen molar-refractivity contribution in [3.63, 3.8) is 0 Å². The summed E-state index contributed by atoms with van der Waals surface area (Å²) in [6.07, 6.45) is 0. The third kappa shape index (κ3) is 3.76. The van der Waals surface area contributed by atoms with Crippen LogP contribution in [0.5, 0.6) is 0 Å². The van der Waals surface area contributed by atoms with E-state index in [2.05, 4.69) is 0 Å². The molecule has 1 amide bonds. The Balaban J connectivity index is 2.23. The van der Waals surface area contributed by atoms with E-state index < -0.39 is 5.97 Å². The van der Waals surface area contributed by atoms with Crippen LogP contribution in [0.15, 0.2) is 48.5 Å². The first kappa shape index (κ1) is 16.3. The Bertz CT molecular complexity index is 683. The normalized spacial score (nSPS) is 10.1. The Labute approximate surface area is 138 Å². The van der Waals surface area contributed by atoms with Gasteiger partial charge >= 0.3 is 131 Å². The van der Waals surface area contributed by atoms with Gasteiger partial charge in [0.2, 0.25) is 0 Å². The number of nitrogens with zero attached hydrogens (tertiary/aromatic N) is 1. The van der Waals surface area contributed by atoms with Crippen molar-refractivity contribution < 1.29 is 14.3 Å². The van der Waals surface area contributed by atoms with Crippen LogP contribution >= 0.6 is 0 Å². The second kappa shape index (κ2) is 7.27. The van der Waals surface area contributed by atoms with E-state index in [0.29, 0.717) is 17.7 Å². The van der Waals surface area contributed by atoms with Crippen LogP contribution in [-0.4, -0.2) is 42.0 Å². The summed E-state index contributed by atoms with van der Waals surface area (Å²) in [6.45, 7) is 2.05. The predicted octanol–water partition coefficient (Wildman–Crippen LogP) is 1.93. The van der Waals surface area contributed by atoms with Crippen molar-refractivity contribution in [2.75, 3.05) is 18.6 Å². The van der Waals surface area contributed by atoms with E-state index in [1.54, 1.807) is 43.1 Å². The molecule has 0 unspecified atom stereocenters. The summed E-state index contributed by atoms with van der Waals surface area (Å²) in [6, 6.07) is 14.3. The minimum atomic E-state index is -0.421. The van der Waals surface area contributed by atoms with Crippen molar-refractivity contribution >= 4 is 38.5 Å². The molecule has 0 aliphatic rings. The average molecular weight is 355 g/mol. The summed E-state index contributed by atoms with van der Waals surface area (Å²) in [5.74, 6) is -0.592. The summed E-state index contributed by atoms with van der Waals surface area (Å²) in [4.78, 5) is 25.8. The fourth-order valence-corrected chi connectivity index (χ4v) is 2.34. The van der Waals surface area contributed by atoms with Crippen molar-refractivity contribution in [1.29, 1.82) is 0 Å². The van der Waals surface area contributed by atoms with Gasteiger partial charge in [-0.15, -0.1) is 0 Å². The molecule has 22 heavy (non-hydrogen) atoms. The molecule has 0 aliphatic carbocycles. The molecule has 0 heterocycles. The van der Waals surface area contributed by atoms with Crippen molar-refractivity contribution in [2.45, 2.75) is 6.92 Å². The van der Waals surface area contributed by atoms with Gasteiger partial charge < -0.3 is 0 Å². The van der Waals surface area contributed by atoms with Crippen molar-refractivity contribution in [1.82, 2.24) is 0 Å². The van der Waals surface area contributed by atoms with Crippen LogP contribution in [0.25, 0.3) is 0 Å². The molecule has 0 saturated heterocycles. The number of carbonyl (C=O) groups excluding carboxylic acids is 2. The number of hydrogen-bond acceptors (Lipinski definition) is 3. The van der Waals surface area contributed by atoms with Gasteiger partial charge in [-0.3, -0.25) is 0 Å². The van der Waals surface area contributed by atoms with Gasteiger partial charge in [-0.25, -0.2) is 0 Å². The van der Waals surface area contributed by atoms with E-state index in [0.717, 1.165) is 10.1 Å². The fourth-order valence-electron chi connectivity index (χ4n) is 1.99. The Morgan fingerprint density at radius 1 is 1.09 bits per heavy atom. The molecular weight excluding hydrogens is 339 g/mol. The summed E-state index contributed by atoms with van der Waals surface area (Å²) < 4.78 is 6.09. The van der Waals surface area contributed by atoms with Crippen LogP contribution < -0.4 is 9.30 Å². The first-order valence-electron chi connectivity index (χ1n) is 6.90. The number of carbonyl (C=O) groups is 2. The van der Waals surface area contributed by atoms with Gasteiger partial charge in [-0.05, 0) is 6.92 Å². The average Bonchev–Trinajstić information content (AvgIpc) is 2.54. The number of benzene rings is 2. The molecule has 2 rings (SSSR count). The number of anilines is 1. The van der Waals surface area contributed by atoms with Gasteiger partial charge in [-0.2, -0.15) is 0 Å². The van der Waals surface area contributed by atoms with Crippen LogP contribution in [0.3, 0.4) is 0 Å². The molecule has 0 bridgehead atoms. The zero-order chi connectivity index (χ0) is 16.1. The first-order chi connectivity index (χ1) is 10.5. The van der Waals surface area contributed by atoms with Crippen molar-refractivity contribution in [2.24, 2.45) is 0 Å². The van der Waals surface area contributed by atoms with Crippen LogP contribution in [0.2, 0.25) is 0 Å². The molecule has 3 radical (unpaired) electrons. The van der Waals surface area contributed by atoms with Crippen molar-refractivity contribution in [3.05, 3.63) is 59.7 Å². The number of hydrogen-bond donors (Lipinski definition) is 0. The topological polar surface area (TPSA) is 46.6 Å². The van der Waals surface area contributed by atoms with Crippen LogP contribution in [0.1, 0.15) is 27.6 Å². The van der Waals surface area contributed by atoms with E-state index in [-0.39, 0.29) is 5.91 Å². The molecule has 5 heteroatoms. The van der Waals surface area contributed by atoms with Gasteiger partial charge in [0.1, 0.15) is 0 Å². The Hall–Kier alpha value is -2.08. The molecule has 0 spiro atoms. The van der Waals surface area contributed by atoms with E-state index >= 15 is 0 Å². The van der Waals surface area contributed by atoms with Crippen LogP contribution in [0.4, 0.5) is 5.69 Å². The van der Waals surface area contributed by atoms with Gasteiger partial charge in [0.15, 0.2) is 0 Å². The molecular formula is C17H16GeNO3. The molecule has 2 aromatic carbocycles. The molecule has 0 atom stereocenters. The zero-order valence-corrected chi connectivity index (χ0v) is 14.6. The summed E-state index contributed by atoms with van der Waals surface area (Å²) in [5.41, 5.74) is 1.63. The Morgan fingerprint density at radius 3 is 2.36 bits per heavy atom. The predicted molar refractivity (Wildman–Crippen MR) is 87.0 cm³/mol. The third-order valence-electron chi connectivity index (χ3n) is 3.18. The molecule has 0 N–H and O–H groups in total. The fraction of sp³-hybridized carbons (Fsp3) is 0.176. The van der Waals surface area contributed by atoms with Gasteiger partial charge in [0.05, 0.1) is 0 Å². The maximum absolute atomic E-state index is 12.5. The van der Waals surface area contributed by atoms with E-state index in [1.165, 1.54) is 0 Å². The van der Waals surface area contributed by atoms with Gasteiger partial charge in [0, 0.05) is 0 Å². The number of amides is 1. The van der Waals surface area contributed by atoms with Crippen molar-refractivity contribution in [3.8, 4) is 0 Å². The van der Waals surface area contributed by atoms with Gasteiger partial charge in [0.25, 0.3) is 0 Å². The second-order valence-corrected chi connectivity index (χ2v) is 5.92. The Morgan fingerprint density at radius 2 is 1.73 bits per heavy atom. The Kier molecular flexibility index (Phi) is 5.38. The monoisotopic (exact) mass is 356 g/mol. The molecule has 4 nitrogen and oxygen atoms in total. The molecule has 0 aliphatic heterocycles. The molecule has 0 aromatic heterocycles. The molecule has 111 valence electrons. The summed E-state index contributed by atoms with van der Waals surface area (Å²) in [5, 5.41) is 0. The van der Waals surface area contributed by atoms with Gasteiger partial charge in [-0.1, -0.05) is 0 Å². The zero-order valence-electron chi connectivity index (χ0n) is 12.5.